The number of anilines is 1. The third-order valence-electron chi connectivity index (χ3n) is 4.05. The molecule has 0 aliphatic carbocycles. The van der Waals surface area contributed by atoms with Crippen LogP contribution in [-0.4, -0.2) is 27.7 Å². The van der Waals surface area contributed by atoms with E-state index in [-0.39, 0.29) is 29.4 Å². The second kappa shape index (κ2) is 8.22. The lowest BCUT2D eigenvalue weighted by Gasteiger charge is -2.09. The van der Waals surface area contributed by atoms with Crippen LogP contribution < -0.4 is 10.7 Å². The maximum atomic E-state index is 12.3. The third kappa shape index (κ3) is 4.45. The summed E-state index contributed by atoms with van der Waals surface area (Å²) in [5, 5.41) is 27.6. The third-order valence-corrected chi connectivity index (χ3v) is 4.05. The summed E-state index contributed by atoms with van der Waals surface area (Å²) in [6.45, 7) is 1.61. The number of amides is 2. The van der Waals surface area contributed by atoms with Gasteiger partial charge in [-0.2, -0.15) is 5.10 Å². The molecule has 7 nitrogen and oxygen atoms in total. The number of phenolic OH excluding ortho intramolecular Hbond substituents is 2. The van der Waals surface area contributed by atoms with Crippen LogP contribution in [0.15, 0.2) is 65.8 Å². The maximum Gasteiger partial charge on any atom is 0.275 e. The van der Waals surface area contributed by atoms with E-state index in [0.29, 0.717) is 11.4 Å². The number of carbonyl (C=O) groups excluding carboxylic acids is 2. The van der Waals surface area contributed by atoms with Crippen molar-refractivity contribution >= 4 is 34.0 Å². The van der Waals surface area contributed by atoms with Crippen molar-refractivity contribution in [1.82, 2.24) is 5.43 Å². The Labute approximate surface area is 161 Å². The molecule has 0 unspecified atom stereocenters. The Morgan fingerprint density at radius 2 is 1.75 bits per heavy atom. The molecule has 0 atom stereocenters. The van der Waals surface area contributed by atoms with Crippen LogP contribution in [0.3, 0.4) is 0 Å². The second-order valence-electron chi connectivity index (χ2n) is 6.24. The van der Waals surface area contributed by atoms with Gasteiger partial charge in [-0.1, -0.05) is 36.4 Å². The molecule has 0 bridgehead atoms. The van der Waals surface area contributed by atoms with Gasteiger partial charge in [0.25, 0.3) is 5.91 Å². The monoisotopic (exact) mass is 377 g/mol. The van der Waals surface area contributed by atoms with Gasteiger partial charge in [0, 0.05) is 22.9 Å². The lowest BCUT2D eigenvalue weighted by atomic mass is 10.1. The zero-order valence-corrected chi connectivity index (χ0v) is 15.1. The predicted octanol–water partition coefficient (Wildman–Crippen LogP) is 3.39. The number of hydrogen-bond acceptors (Lipinski definition) is 5. The molecule has 4 N–H and O–H groups in total. The van der Waals surface area contributed by atoms with E-state index >= 15 is 0 Å². The van der Waals surface area contributed by atoms with Gasteiger partial charge in [-0.05, 0) is 30.5 Å². The molecule has 3 rings (SSSR count). The molecule has 0 aliphatic heterocycles. The largest absolute Gasteiger partial charge is 0.508 e. The molecule has 142 valence electrons. The first-order valence-corrected chi connectivity index (χ1v) is 8.57. The highest BCUT2D eigenvalue weighted by Gasteiger charge is 2.12. The molecule has 28 heavy (non-hydrogen) atoms. The summed E-state index contributed by atoms with van der Waals surface area (Å²) in [6, 6.07) is 17.0. The van der Waals surface area contributed by atoms with E-state index in [1.54, 1.807) is 6.92 Å². The molecule has 0 fully saturated rings. The van der Waals surface area contributed by atoms with Gasteiger partial charge in [0.2, 0.25) is 5.91 Å². The lowest BCUT2D eigenvalue weighted by Crippen LogP contribution is -2.21. The molecule has 7 heteroatoms. The molecular formula is C21H19N3O4. The van der Waals surface area contributed by atoms with Crippen molar-refractivity contribution in [3.05, 3.63) is 66.2 Å². The minimum absolute atomic E-state index is 0.00887. The van der Waals surface area contributed by atoms with E-state index in [9.17, 15) is 19.8 Å². The summed E-state index contributed by atoms with van der Waals surface area (Å²) in [4.78, 5) is 24.3. The quantitative estimate of drug-likeness (QED) is 0.403. The van der Waals surface area contributed by atoms with Crippen molar-refractivity contribution in [3.8, 4) is 11.5 Å². The lowest BCUT2D eigenvalue weighted by molar-refractivity contribution is -0.115. The molecular weight excluding hydrogens is 358 g/mol. The van der Waals surface area contributed by atoms with Gasteiger partial charge in [-0.3, -0.25) is 9.59 Å². The fourth-order valence-electron chi connectivity index (χ4n) is 2.72. The number of nitrogens with zero attached hydrogens (tertiary/aromatic N) is 1. The number of benzene rings is 3. The predicted molar refractivity (Wildman–Crippen MR) is 108 cm³/mol. The van der Waals surface area contributed by atoms with Crippen molar-refractivity contribution in [2.24, 2.45) is 5.10 Å². The van der Waals surface area contributed by atoms with Crippen molar-refractivity contribution in [2.75, 3.05) is 5.32 Å². The fourth-order valence-corrected chi connectivity index (χ4v) is 2.72. The minimum atomic E-state index is -0.647. The van der Waals surface area contributed by atoms with Crippen molar-refractivity contribution in [2.45, 2.75) is 13.3 Å². The first-order chi connectivity index (χ1) is 13.4. The van der Waals surface area contributed by atoms with Gasteiger partial charge in [0.1, 0.15) is 11.5 Å². The van der Waals surface area contributed by atoms with Gasteiger partial charge < -0.3 is 15.5 Å². The number of rotatable bonds is 5. The SMILES string of the molecule is CC(CC(=O)Nc1cccc2ccccc12)=NNC(=O)c1ccc(O)cc1O. The number of carbonyl (C=O) groups is 2. The number of phenols is 2. The zero-order chi connectivity index (χ0) is 20.1. The Hall–Kier alpha value is -3.87. The second-order valence-corrected chi connectivity index (χ2v) is 6.24. The van der Waals surface area contributed by atoms with Crippen molar-refractivity contribution in [1.29, 1.82) is 0 Å². The van der Waals surface area contributed by atoms with Crippen LogP contribution in [0.1, 0.15) is 23.7 Å². The van der Waals surface area contributed by atoms with Gasteiger partial charge in [-0.25, -0.2) is 5.43 Å². The van der Waals surface area contributed by atoms with Gasteiger partial charge in [-0.15, -0.1) is 0 Å². The average Bonchev–Trinajstić information content (AvgIpc) is 2.66. The summed E-state index contributed by atoms with van der Waals surface area (Å²) < 4.78 is 0. The Balaban J connectivity index is 1.62. The maximum absolute atomic E-state index is 12.3. The van der Waals surface area contributed by atoms with Crippen LogP contribution in [0.5, 0.6) is 11.5 Å². The number of aromatic hydroxyl groups is 2. The van der Waals surface area contributed by atoms with Crippen LogP contribution >= 0.6 is 0 Å². The summed E-state index contributed by atoms with van der Waals surface area (Å²) in [5.41, 5.74) is 3.35. The van der Waals surface area contributed by atoms with Crippen molar-refractivity contribution in [3.63, 3.8) is 0 Å². The number of nitrogens with one attached hydrogen (secondary N) is 2. The first kappa shape index (κ1) is 18.9. The Bertz CT molecular complexity index is 1070. The Morgan fingerprint density at radius 3 is 2.54 bits per heavy atom. The van der Waals surface area contributed by atoms with E-state index in [1.165, 1.54) is 12.1 Å². The molecule has 0 saturated heterocycles. The Kier molecular flexibility index (Phi) is 5.55. The number of hydrogen-bond donors (Lipinski definition) is 4. The smallest absolute Gasteiger partial charge is 0.275 e. The Morgan fingerprint density at radius 1 is 1.00 bits per heavy atom. The molecule has 0 radical (unpaired) electrons. The number of hydrazone groups is 1. The van der Waals surface area contributed by atoms with Crippen LogP contribution in [0.4, 0.5) is 5.69 Å². The van der Waals surface area contributed by atoms with E-state index in [2.05, 4.69) is 15.8 Å². The minimum Gasteiger partial charge on any atom is -0.508 e. The summed E-state index contributed by atoms with van der Waals surface area (Å²) >= 11 is 0. The first-order valence-electron chi connectivity index (χ1n) is 8.57. The standard InChI is InChI=1S/C21H19N3O4/c1-13(23-24-21(28)17-10-9-15(25)12-19(17)26)11-20(27)22-18-8-4-6-14-5-2-3-7-16(14)18/h2-10,12,25-26H,11H2,1H3,(H,22,27)(H,24,28). The molecule has 0 spiro atoms. The number of fused-ring (bicyclic) bond motifs is 1. The summed E-state index contributed by atoms with van der Waals surface area (Å²) in [6.07, 6.45) is -0.00887. The van der Waals surface area contributed by atoms with Crippen LogP contribution in [0.25, 0.3) is 10.8 Å². The van der Waals surface area contributed by atoms with Crippen LogP contribution in [-0.2, 0) is 4.79 Å². The van der Waals surface area contributed by atoms with E-state index in [4.69, 9.17) is 0 Å². The topological polar surface area (TPSA) is 111 Å². The molecule has 0 heterocycles. The molecule has 0 aromatic heterocycles. The summed E-state index contributed by atoms with van der Waals surface area (Å²) in [5.74, 6) is -1.43. The zero-order valence-electron chi connectivity index (χ0n) is 15.1. The molecule has 0 aliphatic rings. The van der Waals surface area contributed by atoms with Crippen LogP contribution in [0.2, 0.25) is 0 Å². The van der Waals surface area contributed by atoms with Crippen LogP contribution in [0, 0.1) is 0 Å². The highest BCUT2D eigenvalue weighted by Crippen LogP contribution is 2.23. The molecule has 2 amide bonds. The highest BCUT2D eigenvalue weighted by atomic mass is 16.3. The van der Waals surface area contributed by atoms with E-state index in [1.807, 2.05) is 42.5 Å². The van der Waals surface area contributed by atoms with E-state index in [0.717, 1.165) is 16.8 Å². The molecule has 0 saturated carbocycles. The average molecular weight is 377 g/mol. The van der Waals surface area contributed by atoms with Crippen molar-refractivity contribution < 1.29 is 19.8 Å². The van der Waals surface area contributed by atoms with Gasteiger partial charge in [0.15, 0.2) is 0 Å². The van der Waals surface area contributed by atoms with Gasteiger partial charge >= 0.3 is 0 Å². The highest BCUT2D eigenvalue weighted by molar-refractivity contribution is 6.09. The fraction of sp³-hybridized carbons (Fsp3) is 0.0952. The summed E-state index contributed by atoms with van der Waals surface area (Å²) in [7, 11) is 0. The normalized spacial score (nSPS) is 11.2. The molecule has 3 aromatic rings. The van der Waals surface area contributed by atoms with E-state index < -0.39 is 5.91 Å². The van der Waals surface area contributed by atoms with Gasteiger partial charge in [0.05, 0.1) is 12.0 Å². The molecule has 3 aromatic carbocycles.